The Morgan fingerprint density at radius 3 is 2.27 bits per heavy atom. The summed E-state index contributed by atoms with van der Waals surface area (Å²) in [5, 5.41) is 17.7. The van der Waals surface area contributed by atoms with Gasteiger partial charge in [0.2, 0.25) is 0 Å². The molecule has 3 nitrogen and oxygen atoms in total. The van der Waals surface area contributed by atoms with Crippen LogP contribution in [0.3, 0.4) is 0 Å². The molecule has 1 aliphatic rings. The predicted molar refractivity (Wildman–Crippen MR) is 55.5 cm³/mol. The summed E-state index contributed by atoms with van der Waals surface area (Å²) in [5.74, 6) is -0.737. The first-order valence-electron chi connectivity index (χ1n) is 5.08. The van der Waals surface area contributed by atoms with Crippen LogP contribution in [0.15, 0.2) is 24.3 Å². The Hall–Kier alpha value is -1.35. The van der Waals surface area contributed by atoms with E-state index in [1.807, 2.05) is 24.3 Å². The first kappa shape index (κ1) is 10.2. The Balaban J connectivity index is 2.18. The largest absolute Gasteiger partial charge is 0.481 e. The van der Waals surface area contributed by atoms with E-state index in [1.54, 1.807) is 0 Å². The molecule has 0 saturated heterocycles. The molecule has 15 heavy (non-hydrogen) atoms. The summed E-state index contributed by atoms with van der Waals surface area (Å²) in [6.07, 6.45) is 2.13. The van der Waals surface area contributed by atoms with Gasteiger partial charge in [0.15, 0.2) is 0 Å². The molecule has 3 heteroatoms. The van der Waals surface area contributed by atoms with E-state index >= 15 is 0 Å². The van der Waals surface area contributed by atoms with Crippen molar-refractivity contribution in [2.45, 2.75) is 31.3 Å². The van der Waals surface area contributed by atoms with Gasteiger partial charge in [-0.3, -0.25) is 4.79 Å². The van der Waals surface area contributed by atoms with Gasteiger partial charge in [0.1, 0.15) is 0 Å². The molecular formula is C12H14O3. The van der Waals surface area contributed by atoms with Crippen LogP contribution in [-0.4, -0.2) is 16.2 Å². The molecule has 80 valence electrons. The molecule has 0 radical (unpaired) electrons. The maximum absolute atomic E-state index is 10.7. The molecule has 0 aliphatic heterocycles. The number of hydrogen-bond acceptors (Lipinski definition) is 2. The molecule has 2 rings (SSSR count). The average Bonchev–Trinajstić information content (AvgIpc) is 2.98. The molecule has 1 aromatic rings. The molecule has 0 heterocycles. The van der Waals surface area contributed by atoms with E-state index in [0.29, 0.717) is 0 Å². The van der Waals surface area contributed by atoms with Gasteiger partial charge >= 0.3 is 5.97 Å². The molecule has 0 atom stereocenters. The quantitative estimate of drug-likeness (QED) is 0.788. The summed E-state index contributed by atoms with van der Waals surface area (Å²) in [7, 11) is 0. The zero-order valence-electron chi connectivity index (χ0n) is 8.44. The Morgan fingerprint density at radius 1 is 1.27 bits per heavy atom. The minimum atomic E-state index is -0.737. The van der Waals surface area contributed by atoms with Crippen molar-refractivity contribution in [1.82, 2.24) is 0 Å². The highest BCUT2D eigenvalue weighted by atomic mass is 16.4. The van der Waals surface area contributed by atoms with Crippen molar-refractivity contribution in [1.29, 1.82) is 0 Å². The standard InChI is InChI=1S/C12H14O3/c13-8-9-1-3-10(4-2-9)12(5-6-12)7-11(14)15/h1-4,13H,5-8H2,(H,14,15). The van der Waals surface area contributed by atoms with Gasteiger partial charge in [-0.15, -0.1) is 0 Å². The van der Waals surface area contributed by atoms with E-state index in [2.05, 4.69) is 0 Å². The first-order valence-corrected chi connectivity index (χ1v) is 5.08. The normalized spacial score (nSPS) is 17.4. The summed E-state index contributed by atoms with van der Waals surface area (Å²) in [4.78, 5) is 10.7. The van der Waals surface area contributed by atoms with Crippen molar-refractivity contribution in [3.63, 3.8) is 0 Å². The van der Waals surface area contributed by atoms with Crippen molar-refractivity contribution in [3.05, 3.63) is 35.4 Å². The number of rotatable bonds is 4. The zero-order chi connectivity index (χ0) is 10.9. The zero-order valence-corrected chi connectivity index (χ0v) is 8.44. The van der Waals surface area contributed by atoms with Crippen LogP contribution >= 0.6 is 0 Å². The fourth-order valence-electron chi connectivity index (χ4n) is 1.97. The second-order valence-electron chi connectivity index (χ2n) is 4.21. The van der Waals surface area contributed by atoms with Gasteiger partial charge in [-0.25, -0.2) is 0 Å². The highest BCUT2D eigenvalue weighted by molar-refractivity contribution is 5.70. The number of carboxylic acid groups (broad SMARTS) is 1. The Kier molecular flexibility index (Phi) is 2.49. The molecule has 0 spiro atoms. The summed E-state index contributed by atoms with van der Waals surface area (Å²) >= 11 is 0. The molecule has 0 aromatic heterocycles. The van der Waals surface area contributed by atoms with Gasteiger partial charge in [-0.05, 0) is 24.0 Å². The van der Waals surface area contributed by atoms with Crippen LogP contribution < -0.4 is 0 Å². The van der Waals surface area contributed by atoms with Gasteiger partial charge in [0.05, 0.1) is 13.0 Å². The van der Waals surface area contributed by atoms with Crippen LogP contribution in [-0.2, 0) is 16.8 Å². The summed E-state index contributed by atoms with van der Waals surface area (Å²) in [6, 6.07) is 7.58. The molecule has 1 fully saturated rings. The molecule has 2 N–H and O–H groups in total. The van der Waals surface area contributed by atoms with Crippen molar-refractivity contribution in [2.24, 2.45) is 0 Å². The fourth-order valence-corrected chi connectivity index (χ4v) is 1.97. The molecule has 1 saturated carbocycles. The van der Waals surface area contributed by atoms with Crippen molar-refractivity contribution in [2.75, 3.05) is 0 Å². The number of aliphatic hydroxyl groups excluding tert-OH is 1. The van der Waals surface area contributed by atoms with E-state index in [1.165, 1.54) is 0 Å². The minimum absolute atomic E-state index is 0.0339. The lowest BCUT2D eigenvalue weighted by Crippen LogP contribution is -2.12. The smallest absolute Gasteiger partial charge is 0.304 e. The van der Waals surface area contributed by atoms with Crippen molar-refractivity contribution >= 4 is 5.97 Å². The topological polar surface area (TPSA) is 57.5 Å². The van der Waals surface area contributed by atoms with Gasteiger partial charge < -0.3 is 10.2 Å². The third kappa shape index (κ3) is 2.02. The van der Waals surface area contributed by atoms with Crippen LogP contribution in [0.5, 0.6) is 0 Å². The molecule has 0 amide bonds. The van der Waals surface area contributed by atoms with E-state index in [4.69, 9.17) is 10.2 Å². The predicted octanol–water partition coefficient (Wildman–Crippen LogP) is 1.69. The highest BCUT2D eigenvalue weighted by Crippen LogP contribution is 2.50. The molecular weight excluding hydrogens is 192 g/mol. The summed E-state index contributed by atoms with van der Waals surface area (Å²) < 4.78 is 0. The van der Waals surface area contributed by atoms with Crippen LogP contribution in [0.4, 0.5) is 0 Å². The molecule has 1 aliphatic carbocycles. The number of benzene rings is 1. The number of carboxylic acids is 1. The molecule has 1 aromatic carbocycles. The van der Waals surface area contributed by atoms with E-state index < -0.39 is 5.97 Å². The van der Waals surface area contributed by atoms with Gasteiger partial charge in [-0.2, -0.15) is 0 Å². The summed E-state index contributed by atoms with van der Waals surface area (Å²) in [6.45, 7) is 0.0339. The van der Waals surface area contributed by atoms with Crippen LogP contribution in [0, 0.1) is 0 Å². The van der Waals surface area contributed by atoms with Gasteiger partial charge in [0, 0.05) is 5.41 Å². The third-order valence-electron chi connectivity index (χ3n) is 3.09. The van der Waals surface area contributed by atoms with Gasteiger partial charge in [-0.1, -0.05) is 24.3 Å². The Morgan fingerprint density at radius 2 is 1.87 bits per heavy atom. The minimum Gasteiger partial charge on any atom is -0.481 e. The lowest BCUT2D eigenvalue weighted by molar-refractivity contribution is -0.137. The van der Waals surface area contributed by atoms with Crippen LogP contribution in [0.25, 0.3) is 0 Å². The Bertz CT molecular complexity index is 363. The summed E-state index contributed by atoms with van der Waals surface area (Å²) in [5.41, 5.74) is 1.83. The van der Waals surface area contributed by atoms with Gasteiger partial charge in [0.25, 0.3) is 0 Å². The number of hydrogen-bond donors (Lipinski definition) is 2. The lowest BCUT2D eigenvalue weighted by atomic mass is 9.92. The second-order valence-corrected chi connectivity index (χ2v) is 4.21. The third-order valence-corrected chi connectivity index (χ3v) is 3.09. The highest BCUT2D eigenvalue weighted by Gasteiger charge is 2.45. The van der Waals surface area contributed by atoms with E-state index in [9.17, 15) is 4.79 Å². The maximum atomic E-state index is 10.7. The van der Waals surface area contributed by atoms with Crippen molar-refractivity contribution < 1.29 is 15.0 Å². The molecule has 0 unspecified atom stereocenters. The lowest BCUT2D eigenvalue weighted by Gasteiger charge is -2.13. The van der Waals surface area contributed by atoms with E-state index in [0.717, 1.165) is 24.0 Å². The second kappa shape index (κ2) is 3.66. The maximum Gasteiger partial charge on any atom is 0.304 e. The monoisotopic (exact) mass is 206 g/mol. The van der Waals surface area contributed by atoms with Crippen molar-refractivity contribution in [3.8, 4) is 0 Å². The van der Waals surface area contributed by atoms with Crippen LogP contribution in [0.1, 0.15) is 30.4 Å². The Labute approximate surface area is 88.4 Å². The van der Waals surface area contributed by atoms with E-state index in [-0.39, 0.29) is 18.4 Å². The fraction of sp³-hybridized carbons (Fsp3) is 0.417. The number of carbonyl (C=O) groups is 1. The number of aliphatic hydroxyl groups is 1. The molecule has 0 bridgehead atoms. The SMILES string of the molecule is O=C(O)CC1(c2ccc(CO)cc2)CC1. The van der Waals surface area contributed by atoms with Crippen LogP contribution in [0.2, 0.25) is 0 Å². The number of aliphatic carboxylic acids is 1. The average molecular weight is 206 g/mol. The first-order chi connectivity index (χ1) is 7.16.